The van der Waals surface area contributed by atoms with Gasteiger partial charge in [0.25, 0.3) is 0 Å². The van der Waals surface area contributed by atoms with E-state index in [9.17, 15) is 0 Å². The van der Waals surface area contributed by atoms with Crippen LogP contribution in [0.15, 0.2) is 0 Å². The minimum absolute atomic E-state index is 0.0926. The molecule has 0 bridgehead atoms. The molecule has 1 aliphatic rings. The van der Waals surface area contributed by atoms with E-state index in [0.29, 0.717) is 10.8 Å². The van der Waals surface area contributed by atoms with Gasteiger partial charge in [0, 0.05) is 20.9 Å². The van der Waals surface area contributed by atoms with E-state index in [1.807, 2.05) is 0 Å². The lowest BCUT2D eigenvalue weighted by atomic mass is 10.1. The Bertz CT molecular complexity index is 231. The van der Waals surface area contributed by atoms with E-state index in [4.69, 9.17) is 36.7 Å². The lowest BCUT2D eigenvalue weighted by Crippen LogP contribution is -2.14. The molecule has 2 unspecified atom stereocenters. The first-order chi connectivity index (χ1) is 5.09. The van der Waals surface area contributed by atoms with Crippen LogP contribution in [0.1, 0.15) is 13.3 Å². The van der Waals surface area contributed by atoms with Crippen LogP contribution in [-0.2, 0) is 0 Å². The molecule has 0 N–H and O–H groups in total. The molecule has 0 saturated heterocycles. The Morgan fingerprint density at radius 3 is 2.00 bits per heavy atom. The molecule has 1 fully saturated rings. The van der Waals surface area contributed by atoms with Crippen molar-refractivity contribution >= 4 is 63.9 Å². The molecule has 0 heterocycles. The Kier molecular flexibility index (Phi) is 3.14. The average Bonchev–Trinajstić information content (AvgIpc) is 2.17. The third kappa shape index (κ3) is 1.54. The Morgan fingerprint density at radius 1 is 1.27 bits per heavy atom. The normalized spacial score (nSPS) is 31.6. The molecule has 0 spiro atoms. The summed E-state index contributed by atoms with van der Waals surface area (Å²) in [5, 5.41) is 0.0926. The topological polar surface area (TPSA) is 0 Å². The highest BCUT2D eigenvalue weighted by atomic mass is 32.1. The van der Waals surface area contributed by atoms with Crippen molar-refractivity contribution in [3.8, 4) is 0 Å². The maximum Gasteiger partial charge on any atom is 0.0670 e. The van der Waals surface area contributed by atoms with E-state index in [0.717, 1.165) is 16.1 Å². The molecule has 0 aromatic rings. The van der Waals surface area contributed by atoms with E-state index >= 15 is 0 Å². The molecule has 1 aliphatic carbocycles. The zero-order valence-electron chi connectivity index (χ0n) is 6.03. The molecular weight excluding hydrogens is 212 g/mol. The van der Waals surface area contributed by atoms with E-state index in [1.165, 1.54) is 0 Å². The van der Waals surface area contributed by atoms with Crippen LogP contribution in [-0.4, -0.2) is 19.8 Å². The van der Waals surface area contributed by atoms with Gasteiger partial charge in [0.2, 0.25) is 0 Å². The highest BCUT2D eigenvalue weighted by Crippen LogP contribution is 2.27. The summed E-state index contributed by atoms with van der Waals surface area (Å²) in [5.74, 6) is 0.299. The number of thiocarbonyl (C=S) groups is 3. The molecule has 1 rings (SSSR count). The molecule has 11 heavy (non-hydrogen) atoms. The van der Waals surface area contributed by atoms with Crippen molar-refractivity contribution in [1.82, 2.24) is 0 Å². The second-order valence-electron chi connectivity index (χ2n) is 2.52. The van der Waals surface area contributed by atoms with Crippen molar-refractivity contribution in [3.63, 3.8) is 0 Å². The molecule has 60 valence electrons. The van der Waals surface area contributed by atoms with Crippen molar-refractivity contribution in [2.45, 2.75) is 18.6 Å². The molecular formula is C7H8S4. The van der Waals surface area contributed by atoms with Crippen LogP contribution < -0.4 is 0 Å². The van der Waals surface area contributed by atoms with Crippen LogP contribution in [0.2, 0.25) is 0 Å². The highest BCUT2D eigenvalue weighted by Gasteiger charge is 2.36. The van der Waals surface area contributed by atoms with Crippen molar-refractivity contribution in [2.24, 2.45) is 5.92 Å². The summed E-state index contributed by atoms with van der Waals surface area (Å²) in [5.41, 5.74) is 0. The van der Waals surface area contributed by atoms with Crippen molar-refractivity contribution < 1.29 is 0 Å². The van der Waals surface area contributed by atoms with Crippen LogP contribution in [0.25, 0.3) is 0 Å². The Balaban J connectivity index is 2.95. The van der Waals surface area contributed by atoms with E-state index in [2.05, 4.69) is 19.6 Å². The lowest BCUT2D eigenvalue weighted by Gasteiger charge is -2.09. The van der Waals surface area contributed by atoms with E-state index in [1.54, 1.807) is 0 Å². The quantitative estimate of drug-likeness (QED) is 0.533. The number of hydrogen-bond donors (Lipinski definition) is 1. The maximum atomic E-state index is 5.14. The molecule has 0 nitrogen and oxygen atoms in total. The van der Waals surface area contributed by atoms with Gasteiger partial charge in [0.1, 0.15) is 0 Å². The Hall–Kier alpha value is 0.620. The summed E-state index contributed by atoms with van der Waals surface area (Å²) in [6, 6.07) is 0. The van der Waals surface area contributed by atoms with Gasteiger partial charge in [-0.2, -0.15) is 12.6 Å². The van der Waals surface area contributed by atoms with Gasteiger partial charge >= 0.3 is 0 Å². The number of hydrogen-bond acceptors (Lipinski definition) is 4. The maximum absolute atomic E-state index is 5.14. The van der Waals surface area contributed by atoms with Crippen molar-refractivity contribution in [2.75, 3.05) is 0 Å². The molecule has 4 heteroatoms. The number of rotatable bonds is 1. The summed E-state index contributed by atoms with van der Waals surface area (Å²) in [6.45, 7) is 2.08. The van der Waals surface area contributed by atoms with Crippen LogP contribution in [0.4, 0.5) is 0 Å². The largest absolute Gasteiger partial charge is 0.169 e. The first kappa shape index (κ1) is 9.71. The predicted molar refractivity (Wildman–Crippen MR) is 64.3 cm³/mol. The summed E-state index contributed by atoms with van der Waals surface area (Å²) in [4.78, 5) is 2.30. The van der Waals surface area contributed by atoms with E-state index < -0.39 is 0 Å². The standard InChI is InChI=1S/C7H8S4/c1-2-3-4(8)6(10)7(11)5(3)9/h3-4,8H,2H2,1H3. The zero-order valence-corrected chi connectivity index (χ0v) is 9.38. The van der Waals surface area contributed by atoms with Crippen LogP contribution in [0.5, 0.6) is 0 Å². The summed E-state index contributed by atoms with van der Waals surface area (Å²) in [6.07, 6.45) is 0.979. The Labute approximate surface area is 88.2 Å². The van der Waals surface area contributed by atoms with E-state index in [-0.39, 0.29) is 5.25 Å². The zero-order chi connectivity index (χ0) is 8.59. The molecule has 0 aromatic heterocycles. The monoisotopic (exact) mass is 220 g/mol. The molecule has 2 atom stereocenters. The SMILES string of the molecule is CCC1C(=S)C(=S)C(=S)C1S. The van der Waals surface area contributed by atoms with Gasteiger partial charge in [-0.15, -0.1) is 0 Å². The van der Waals surface area contributed by atoms with Gasteiger partial charge < -0.3 is 0 Å². The summed E-state index contributed by atoms with van der Waals surface area (Å²) >= 11 is 19.6. The first-order valence-corrected chi connectivity index (χ1v) is 5.14. The Morgan fingerprint density at radius 2 is 1.82 bits per heavy atom. The molecule has 0 aliphatic heterocycles. The predicted octanol–water partition coefficient (Wildman–Crippen LogP) is 2.43. The smallest absolute Gasteiger partial charge is 0.0670 e. The molecule has 0 radical (unpaired) electrons. The third-order valence-electron chi connectivity index (χ3n) is 1.87. The fourth-order valence-corrected chi connectivity index (χ4v) is 2.87. The summed E-state index contributed by atoms with van der Waals surface area (Å²) < 4.78 is 0. The van der Waals surface area contributed by atoms with Gasteiger partial charge in [0.05, 0.1) is 4.86 Å². The lowest BCUT2D eigenvalue weighted by molar-refractivity contribution is 0.738. The highest BCUT2D eigenvalue weighted by molar-refractivity contribution is 7.97. The fraction of sp³-hybridized carbons (Fsp3) is 0.571. The van der Waals surface area contributed by atoms with Gasteiger partial charge in [-0.05, 0) is 6.42 Å². The molecule has 0 aromatic carbocycles. The van der Waals surface area contributed by atoms with Gasteiger partial charge in [0.15, 0.2) is 0 Å². The second kappa shape index (κ2) is 3.56. The second-order valence-corrected chi connectivity index (χ2v) is 4.36. The molecule has 1 saturated carbocycles. The minimum atomic E-state index is 0.0926. The van der Waals surface area contributed by atoms with Crippen LogP contribution >= 0.6 is 49.3 Å². The molecule has 0 amide bonds. The fourth-order valence-electron chi connectivity index (χ4n) is 1.16. The van der Waals surface area contributed by atoms with Gasteiger partial charge in [-0.1, -0.05) is 43.6 Å². The third-order valence-corrected chi connectivity index (χ3v) is 4.33. The van der Waals surface area contributed by atoms with Crippen LogP contribution in [0.3, 0.4) is 0 Å². The first-order valence-electron chi connectivity index (χ1n) is 3.40. The van der Waals surface area contributed by atoms with Crippen molar-refractivity contribution in [1.29, 1.82) is 0 Å². The van der Waals surface area contributed by atoms with Gasteiger partial charge in [-0.25, -0.2) is 0 Å². The van der Waals surface area contributed by atoms with Gasteiger partial charge in [-0.3, -0.25) is 0 Å². The minimum Gasteiger partial charge on any atom is -0.169 e. The van der Waals surface area contributed by atoms with Crippen LogP contribution in [0, 0.1) is 5.92 Å². The average molecular weight is 220 g/mol. The van der Waals surface area contributed by atoms with Crippen molar-refractivity contribution in [3.05, 3.63) is 0 Å². The summed E-state index contributed by atoms with van der Waals surface area (Å²) in [7, 11) is 0. The number of thiol groups is 1.